The van der Waals surface area contributed by atoms with E-state index in [1.165, 1.54) is 24.0 Å². The fourth-order valence-corrected chi connectivity index (χ4v) is 8.91. The Labute approximate surface area is 351 Å². The van der Waals surface area contributed by atoms with E-state index in [4.69, 9.17) is 26.7 Å². The molecule has 0 saturated heterocycles. The van der Waals surface area contributed by atoms with Crippen molar-refractivity contribution < 1.29 is 9.59 Å². The number of hydrogen-bond acceptors (Lipinski definition) is 7. The van der Waals surface area contributed by atoms with E-state index < -0.39 is 0 Å². The molecule has 0 atom stereocenters. The van der Waals surface area contributed by atoms with Gasteiger partial charge in [0.05, 0.1) is 40.0 Å². The summed E-state index contributed by atoms with van der Waals surface area (Å²) in [4.78, 5) is 39.0. The Morgan fingerprint density at radius 1 is 0.583 bits per heavy atom. The number of amides is 2. The van der Waals surface area contributed by atoms with E-state index in [-0.39, 0.29) is 29.4 Å². The maximum atomic E-state index is 13.0. The Morgan fingerprint density at radius 2 is 1.02 bits per heavy atom. The van der Waals surface area contributed by atoms with Gasteiger partial charge in [-0.1, -0.05) is 109 Å². The number of rotatable bonds is 7. The van der Waals surface area contributed by atoms with Gasteiger partial charge >= 0.3 is 0 Å². The molecule has 10 rings (SSSR count). The highest BCUT2D eigenvalue weighted by molar-refractivity contribution is 6.00. The van der Waals surface area contributed by atoms with Gasteiger partial charge in [-0.2, -0.15) is 5.26 Å². The smallest absolute Gasteiger partial charge is 0.256 e. The highest BCUT2D eigenvalue weighted by Gasteiger charge is 2.35. The maximum absolute atomic E-state index is 13.0. The van der Waals surface area contributed by atoms with Gasteiger partial charge in [-0.05, 0) is 72.9 Å². The summed E-state index contributed by atoms with van der Waals surface area (Å²) < 4.78 is 0. The minimum absolute atomic E-state index is 0.0490. The summed E-state index contributed by atoms with van der Waals surface area (Å²) in [5, 5.41) is 9.04. The molecule has 2 fully saturated rings. The van der Waals surface area contributed by atoms with Gasteiger partial charge in [-0.25, -0.2) is 0 Å². The Bertz CT molecular complexity index is 2610. The number of nitrogens with zero attached hydrogens (tertiary/aromatic N) is 5. The largest absolute Gasteiger partial charge is 0.341 e. The monoisotopic (exact) mass is 791 g/mol. The molecular weight excluding hydrogens is 743 g/mol. The minimum Gasteiger partial charge on any atom is -0.341 e. The van der Waals surface area contributed by atoms with Gasteiger partial charge in [-0.3, -0.25) is 19.6 Å². The summed E-state index contributed by atoms with van der Waals surface area (Å²) in [5.41, 5.74) is 25.9. The first-order valence-electron chi connectivity index (χ1n) is 21.0. The van der Waals surface area contributed by atoms with Gasteiger partial charge in [0.15, 0.2) is 0 Å². The molecule has 6 aromatic rings. The summed E-state index contributed by atoms with van der Waals surface area (Å²) in [5.74, 6) is -0.0719. The Morgan fingerprint density at radius 3 is 1.43 bits per heavy atom. The first kappa shape index (κ1) is 39.0. The topological polar surface area (TPSA) is 142 Å². The van der Waals surface area contributed by atoms with E-state index in [0.717, 1.165) is 88.3 Å². The Balaban J connectivity index is 0.000000154. The van der Waals surface area contributed by atoms with Crippen LogP contribution in [-0.2, 0) is 23.9 Å². The molecule has 0 bridgehead atoms. The third kappa shape index (κ3) is 7.27. The highest BCUT2D eigenvalue weighted by atomic mass is 16.2. The van der Waals surface area contributed by atoms with Crippen LogP contribution in [0.5, 0.6) is 0 Å². The number of benzene rings is 4. The first-order chi connectivity index (χ1) is 29.1. The fourth-order valence-electron chi connectivity index (χ4n) is 8.91. The summed E-state index contributed by atoms with van der Waals surface area (Å²) in [6, 6.07) is 43.2. The average molecular weight is 792 g/mol. The molecule has 300 valence electrons. The van der Waals surface area contributed by atoms with Crippen LogP contribution in [0, 0.1) is 11.3 Å². The number of likely N-dealkylation sites (N-methyl/N-ethyl adjacent to an activating group) is 1. The van der Waals surface area contributed by atoms with Crippen molar-refractivity contribution in [3.05, 3.63) is 155 Å². The standard InChI is InChI=1S/C26H24N4O.C25H25N3O/c27-14-16-30-15-11-23-22(25(30)31)17-21(18-5-2-1-3-6-18)24(29-23)19-7-9-20(10-8-19)26(28)12-4-13-26;1-28-15-12-22-21(24(28)29)16-20(17-6-3-2-4-7-17)23(27-22)18-8-10-19(11-9-18)25(26)13-5-14-25/h1-3,5-10,17H,4,11-13,15-16,28H2;2-4,6-11,16H,5,12-15,26H2,1H3. The van der Waals surface area contributed by atoms with Crippen LogP contribution in [0.3, 0.4) is 0 Å². The minimum atomic E-state index is -0.194. The molecule has 2 aromatic heterocycles. The van der Waals surface area contributed by atoms with Crippen LogP contribution < -0.4 is 11.5 Å². The van der Waals surface area contributed by atoms with E-state index in [1.54, 1.807) is 9.80 Å². The molecular formula is C51H49N7O2. The number of nitriles is 1. The first-order valence-corrected chi connectivity index (χ1v) is 21.0. The molecule has 2 aliphatic heterocycles. The van der Waals surface area contributed by atoms with Crippen molar-refractivity contribution in [1.82, 2.24) is 19.8 Å². The van der Waals surface area contributed by atoms with Gasteiger partial charge in [-0.15, -0.1) is 0 Å². The van der Waals surface area contributed by atoms with E-state index in [0.29, 0.717) is 30.6 Å². The van der Waals surface area contributed by atoms with Crippen LogP contribution in [0.4, 0.5) is 0 Å². The van der Waals surface area contributed by atoms with Crippen molar-refractivity contribution in [2.24, 2.45) is 11.5 Å². The third-order valence-corrected chi connectivity index (χ3v) is 13.0. The van der Waals surface area contributed by atoms with Crippen molar-refractivity contribution in [2.75, 3.05) is 26.7 Å². The lowest BCUT2D eigenvalue weighted by molar-refractivity contribution is 0.0757. The summed E-state index contributed by atoms with van der Waals surface area (Å²) in [7, 11) is 1.85. The summed E-state index contributed by atoms with van der Waals surface area (Å²) >= 11 is 0. The maximum Gasteiger partial charge on any atom is 0.256 e. The number of aromatic nitrogens is 2. The summed E-state index contributed by atoms with van der Waals surface area (Å²) in [6.07, 6.45) is 7.96. The van der Waals surface area contributed by atoms with E-state index in [1.807, 2.05) is 67.7 Å². The van der Waals surface area contributed by atoms with Crippen molar-refractivity contribution in [3.8, 4) is 50.8 Å². The second kappa shape index (κ2) is 15.9. The Kier molecular flexibility index (Phi) is 10.4. The third-order valence-electron chi connectivity index (χ3n) is 13.0. The molecule has 0 radical (unpaired) electrons. The van der Waals surface area contributed by atoms with Crippen molar-refractivity contribution in [3.63, 3.8) is 0 Å². The zero-order valence-electron chi connectivity index (χ0n) is 34.0. The highest BCUT2D eigenvalue weighted by Crippen LogP contribution is 2.42. The molecule has 4 heterocycles. The zero-order chi connectivity index (χ0) is 41.4. The van der Waals surface area contributed by atoms with Crippen molar-refractivity contribution >= 4 is 11.8 Å². The van der Waals surface area contributed by atoms with Gasteiger partial charge in [0.1, 0.15) is 6.54 Å². The Hall–Kier alpha value is -6.47. The lowest BCUT2D eigenvalue weighted by Gasteiger charge is -2.38. The predicted molar refractivity (Wildman–Crippen MR) is 236 cm³/mol. The quantitative estimate of drug-likeness (QED) is 0.154. The molecule has 60 heavy (non-hydrogen) atoms. The molecule has 2 amide bonds. The second-order valence-corrected chi connectivity index (χ2v) is 16.8. The number of fused-ring (bicyclic) bond motifs is 2. The SMILES string of the molecule is CN1CCc2nc(-c3ccc(C4(N)CCC4)cc3)c(-c3ccccc3)cc2C1=O.N#CCN1CCc2nc(-c3ccc(C4(N)CCC4)cc3)c(-c3ccccc3)cc2C1=O. The molecule has 2 aliphatic carbocycles. The molecule has 4 aliphatic rings. The van der Waals surface area contributed by atoms with Gasteiger partial charge in [0.2, 0.25) is 0 Å². The normalized spacial score (nSPS) is 17.2. The zero-order valence-corrected chi connectivity index (χ0v) is 34.0. The van der Waals surface area contributed by atoms with E-state index >= 15 is 0 Å². The van der Waals surface area contributed by atoms with E-state index in [2.05, 4.69) is 66.7 Å². The lowest BCUT2D eigenvalue weighted by atomic mass is 9.72. The number of hydrogen-bond donors (Lipinski definition) is 2. The van der Waals surface area contributed by atoms with Gasteiger partial charge < -0.3 is 21.3 Å². The van der Waals surface area contributed by atoms with Crippen molar-refractivity contribution in [1.29, 1.82) is 5.26 Å². The van der Waals surface area contributed by atoms with Crippen LogP contribution in [-0.4, -0.2) is 58.3 Å². The predicted octanol–water partition coefficient (Wildman–Crippen LogP) is 8.66. The van der Waals surface area contributed by atoms with Gasteiger partial charge in [0.25, 0.3) is 11.8 Å². The fraction of sp³-hybridized carbons (Fsp3) is 0.275. The molecule has 2 saturated carbocycles. The summed E-state index contributed by atoms with van der Waals surface area (Å²) in [6.45, 7) is 1.33. The number of nitrogens with two attached hydrogens (primary N) is 2. The lowest BCUT2D eigenvalue weighted by Crippen LogP contribution is -2.43. The molecule has 9 nitrogen and oxygen atoms in total. The molecule has 4 N–H and O–H groups in total. The number of carbonyl (C=O) groups excluding carboxylic acids is 2. The molecule has 0 unspecified atom stereocenters. The van der Waals surface area contributed by atoms with Crippen molar-refractivity contribution in [2.45, 2.75) is 62.4 Å². The molecule has 9 heteroatoms. The second-order valence-electron chi connectivity index (χ2n) is 16.8. The van der Waals surface area contributed by atoms with Gasteiger partial charge in [0, 0.05) is 66.3 Å². The number of pyridine rings is 2. The van der Waals surface area contributed by atoms with Crippen LogP contribution >= 0.6 is 0 Å². The van der Waals surface area contributed by atoms with Crippen LogP contribution in [0.1, 0.15) is 81.8 Å². The van der Waals surface area contributed by atoms with E-state index in [9.17, 15) is 9.59 Å². The average Bonchev–Trinajstić information content (AvgIpc) is 3.27. The van der Waals surface area contributed by atoms with Crippen LogP contribution in [0.15, 0.2) is 121 Å². The van der Waals surface area contributed by atoms with Crippen LogP contribution in [0.2, 0.25) is 0 Å². The molecule has 4 aromatic carbocycles. The van der Waals surface area contributed by atoms with Crippen LogP contribution in [0.25, 0.3) is 44.8 Å². The molecule has 0 spiro atoms. The number of carbonyl (C=O) groups is 2.